The lowest BCUT2D eigenvalue weighted by atomic mass is 10.1. The van der Waals surface area contributed by atoms with E-state index < -0.39 is 5.60 Å². The van der Waals surface area contributed by atoms with Crippen molar-refractivity contribution >= 4 is 6.09 Å². The van der Waals surface area contributed by atoms with E-state index in [2.05, 4.69) is 24.7 Å². The molecule has 0 saturated carbocycles. The van der Waals surface area contributed by atoms with Crippen LogP contribution in [0.4, 0.5) is 4.79 Å². The van der Waals surface area contributed by atoms with Gasteiger partial charge in [-0.1, -0.05) is 5.92 Å². The molecule has 2 atom stereocenters. The van der Waals surface area contributed by atoms with Gasteiger partial charge in [-0.3, -0.25) is 4.90 Å². The maximum Gasteiger partial charge on any atom is 0.410 e. The molecular formula is C14H24N2O2. The molecule has 1 rings (SSSR count). The van der Waals surface area contributed by atoms with E-state index in [0.717, 1.165) is 0 Å². The minimum absolute atomic E-state index is 0.235. The summed E-state index contributed by atoms with van der Waals surface area (Å²) >= 11 is 0. The SMILES string of the molecule is C#CCN1[C@H](C)CN(C(=O)OC(C)(C)C)C[C@@H]1C. The summed E-state index contributed by atoms with van der Waals surface area (Å²) in [6, 6.07) is 0.523. The van der Waals surface area contributed by atoms with E-state index in [9.17, 15) is 4.79 Å². The lowest BCUT2D eigenvalue weighted by Gasteiger charge is -2.43. The zero-order valence-corrected chi connectivity index (χ0v) is 12.1. The van der Waals surface area contributed by atoms with Crippen molar-refractivity contribution in [1.82, 2.24) is 9.80 Å². The Morgan fingerprint density at radius 3 is 2.22 bits per heavy atom. The van der Waals surface area contributed by atoms with Gasteiger partial charge in [-0.05, 0) is 34.6 Å². The van der Waals surface area contributed by atoms with Crippen LogP contribution in [0.5, 0.6) is 0 Å². The third-order valence-electron chi connectivity index (χ3n) is 3.03. The van der Waals surface area contributed by atoms with Crippen molar-refractivity contribution in [3.05, 3.63) is 0 Å². The first-order valence-electron chi connectivity index (χ1n) is 6.41. The number of carbonyl (C=O) groups is 1. The molecule has 1 amide bonds. The van der Waals surface area contributed by atoms with Crippen LogP contribution < -0.4 is 0 Å². The zero-order valence-electron chi connectivity index (χ0n) is 12.1. The molecule has 0 N–H and O–H groups in total. The van der Waals surface area contributed by atoms with E-state index in [1.54, 1.807) is 4.90 Å². The van der Waals surface area contributed by atoms with Crippen LogP contribution in [0.1, 0.15) is 34.6 Å². The van der Waals surface area contributed by atoms with Crippen molar-refractivity contribution < 1.29 is 9.53 Å². The summed E-state index contributed by atoms with van der Waals surface area (Å²) in [6.45, 7) is 11.8. The second kappa shape index (κ2) is 5.62. The van der Waals surface area contributed by atoms with Crippen LogP contribution >= 0.6 is 0 Å². The molecule has 1 aliphatic heterocycles. The molecule has 0 unspecified atom stereocenters. The monoisotopic (exact) mass is 252 g/mol. The van der Waals surface area contributed by atoms with E-state index in [4.69, 9.17) is 11.2 Å². The van der Waals surface area contributed by atoms with Gasteiger partial charge in [0.15, 0.2) is 0 Å². The number of rotatable bonds is 1. The maximum atomic E-state index is 12.0. The molecule has 4 heteroatoms. The number of hydrogen-bond acceptors (Lipinski definition) is 3. The molecule has 1 saturated heterocycles. The minimum atomic E-state index is -0.445. The van der Waals surface area contributed by atoms with Crippen molar-refractivity contribution in [1.29, 1.82) is 0 Å². The normalized spacial score (nSPS) is 25.7. The van der Waals surface area contributed by atoms with Crippen molar-refractivity contribution in [2.24, 2.45) is 0 Å². The first-order valence-corrected chi connectivity index (χ1v) is 6.41. The molecule has 0 aliphatic carbocycles. The molecule has 0 aromatic heterocycles. The molecular weight excluding hydrogens is 228 g/mol. The van der Waals surface area contributed by atoms with Crippen LogP contribution in [-0.2, 0) is 4.74 Å². The van der Waals surface area contributed by atoms with Crippen LogP contribution in [0.25, 0.3) is 0 Å². The second-order valence-electron chi connectivity index (χ2n) is 5.96. The van der Waals surface area contributed by atoms with Gasteiger partial charge < -0.3 is 9.64 Å². The Morgan fingerprint density at radius 2 is 1.83 bits per heavy atom. The molecule has 1 aliphatic rings. The molecule has 102 valence electrons. The van der Waals surface area contributed by atoms with Crippen molar-refractivity contribution in [3.63, 3.8) is 0 Å². The van der Waals surface area contributed by atoms with Crippen LogP contribution in [0.3, 0.4) is 0 Å². The summed E-state index contributed by atoms with van der Waals surface area (Å²) in [5.74, 6) is 2.67. The summed E-state index contributed by atoms with van der Waals surface area (Å²) in [4.78, 5) is 16.0. The Balaban J connectivity index is 2.63. The lowest BCUT2D eigenvalue weighted by molar-refractivity contribution is -0.00423. The number of carbonyl (C=O) groups excluding carboxylic acids is 1. The average molecular weight is 252 g/mol. The van der Waals surface area contributed by atoms with E-state index in [1.165, 1.54) is 0 Å². The Labute approximate surface area is 110 Å². The predicted octanol–water partition coefficient (Wildman–Crippen LogP) is 1.95. The average Bonchev–Trinajstić information content (AvgIpc) is 2.20. The Bertz CT molecular complexity index is 329. The minimum Gasteiger partial charge on any atom is -0.444 e. The second-order valence-corrected chi connectivity index (χ2v) is 5.96. The van der Waals surface area contributed by atoms with Crippen molar-refractivity contribution in [3.8, 4) is 12.3 Å². The molecule has 0 spiro atoms. The fourth-order valence-corrected chi connectivity index (χ4v) is 2.25. The third-order valence-corrected chi connectivity index (χ3v) is 3.03. The fourth-order valence-electron chi connectivity index (χ4n) is 2.25. The molecule has 4 nitrogen and oxygen atoms in total. The highest BCUT2D eigenvalue weighted by molar-refractivity contribution is 5.68. The van der Waals surface area contributed by atoms with Gasteiger partial charge in [0.25, 0.3) is 0 Å². The van der Waals surface area contributed by atoms with Gasteiger partial charge in [-0.25, -0.2) is 4.79 Å². The standard InChI is InChI=1S/C14H24N2O2/c1-7-8-16-11(2)9-15(10-12(16)3)13(17)18-14(4,5)6/h1,11-12H,8-10H2,2-6H3/t11-,12+. The highest BCUT2D eigenvalue weighted by atomic mass is 16.6. The Hall–Kier alpha value is -1.21. The summed E-state index contributed by atoms with van der Waals surface area (Å²) in [5.41, 5.74) is -0.445. The van der Waals surface area contributed by atoms with E-state index >= 15 is 0 Å². The van der Waals surface area contributed by atoms with Gasteiger partial charge in [-0.2, -0.15) is 0 Å². The van der Waals surface area contributed by atoms with Gasteiger partial charge >= 0.3 is 6.09 Å². The van der Waals surface area contributed by atoms with E-state index in [1.807, 2.05) is 20.8 Å². The molecule has 1 heterocycles. The Kier molecular flexibility index (Phi) is 4.64. The zero-order chi connectivity index (χ0) is 13.9. The molecule has 0 aromatic carbocycles. The lowest BCUT2D eigenvalue weighted by Crippen LogP contribution is -2.58. The number of ether oxygens (including phenoxy) is 1. The molecule has 0 bridgehead atoms. The summed E-state index contributed by atoms with van der Waals surface area (Å²) < 4.78 is 5.40. The predicted molar refractivity (Wildman–Crippen MR) is 72.3 cm³/mol. The van der Waals surface area contributed by atoms with E-state index in [-0.39, 0.29) is 18.2 Å². The van der Waals surface area contributed by atoms with Gasteiger partial charge in [0.1, 0.15) is 5.60 Å². The first-order chi connectivity index (χ1) is 8.24. The van der Waals surface area contributed by atoms with Crippen LogP contribution in [0, 0.1) is 12.3 Å². The number of nitrogens with zero attached hydrogens (tertiary/aromatic N) is 2. The third kappa shape index (κ3) is 3.92. The van der Waals surface area contributed by atoms with Crippen LogP contribution in [-0.4, -0.2) is 53.2 Å². The van der Waals surface area contributed by atoms with Gasteiger partial charge in [-0.15, -0.1) is 6.42 Å². The van der Waals surface area contributed by atoms with Gasteiger partial charge in [0.2, 0.25) is 0 Å². The van der Waals surface area contributed by atoms with Gasteiger partial charge in [0, 0.05) is 25.2 Å². The Morgan fingerprint density at radius 1 is 1.33 bits per heavy atom. The number of hydrogen-bond donors (Lipinski definition) is 0. The van der Waals surface area contributed by atoms with E-state index in [0.29, 0.717) is 19.6 Å². The first kappa shape index (κ1) is 14.8. The molecule has 0 aromatic rings. The summed E-state index contributed by atoms with van der Waals surface area (Å²) in [7, 11) is 0. The maximum absolute atomic E-state index is 12.0. The topological polar surface area (TPSA) is 32.8 Å². The van der Waals surface area contributed by atoms with Gasteiger partial charge in [0.05, 0.1) is 6.54 Å². The molecule has 18 heavy (non-hydrogen) atoms. The fraction of sp³-hybridized carbons (Fsp3) is 0.786. The number of amides is 1. The van der Waals surface area contributed by atoms with Crippen molar-refractivity contribution in [2.75, 3.05) is 19.6 Å². The highest BCUT2D eigenvalue weighted by Gasteiger charge is 2.33. The van der Waals surface area contributed by atoms with Crippen molar-refractivity contribution in [2.45, 2.75) is 52.3 Å². The summed E-state index contributed by atoms with van der Waals surface area (Å²) in [5, 5.41) is 0. The van der Waals surface area contributed by atoms with Crippen LogP contribution in [0.15, 0.2) is 0 Å². The largest absolute Gasteiger partial charge is 0.444 e. The molecule has 1 fully saturated rings. The molecule has 0 radical (unpaired) electrons. The number of terminal acetylenes is 1. The number of piperazine rings is 1. The highest BCUT2D eigenvalue weighted by Crippen LogP contribution is 2.18. The quantitative estimate of drug-likeness (QED) is 0.669. The summed E-state index contributed by atoms with van der Waals surface area (Å²) in [6.07, 6.45) is 5.13. The smallest absolute Gasteiger partial charge is 0.410 e. The van der Waals surface area contributed by atoms with Crippen LogP contribution in [0.2, 0.25) is 0 Å².